The smallest absolute Gasteiger partial charge is 0.321 e. The number of anilines is 2. The summed E-state index contributed by atoms with van der Waals surface area (Å²) in [5.41, 5.74) is 0.830. The molecule has 9 nitrogen and oxygen atoms in total. The molecule has 0 bridgehead atoms. The second-order valence-electron chi connectivity index (χ2n) is 6.79. The maximum Gasteiger partial charge on any atom is 0.321 e. The van der Waals surface area contributed by atoms with E-state index >= 15 is 0 Å². The Morgan fingerprint density at radius 3 is 2.53 bits per heavy atom. The zero-order valence-electron chi connectivity index (χ0n) is 16.2. The van der Waals surface area contributed by atoms with Gasteiger partial charge in [0.05, 0.1) is 11.5 Å². The van der Waals surface area contributed by atoms with E-state index in [4.69, 9.17) is 11.6 Å². The van der Waals surface area contributed by atoms with E-state index in [9.17, 15) is 19.7 Å². The highest BCUT2D eigenvalue weighted by Crippen LogP contribution is 2.23. The molecule has 2 aromatic rings. The van der Waals surface area contributed by atoms with Crippen molar-refractivity contribution in [3.05, 3.63) is 63.7 Å². The minimum atomic E-state index is -0.491. The van der Waals surface area contributed by atoms with Gasteiger partial charge in [-0.3, -0.25) is 14.9 Å². The predicted octanol–water partition coefficient (Wildman–Crippen LogP) is 3.43. The van der Waals surface area contributed by atoms with Crippen LogP contribution in [0.1, 0.15) is 6.42 Å². The Morgan fingerprint density at radius 1 is 1.03 bits per heavy atom. The SMILES string of the molecule is O=C(CNc1ccccc1[N+](=O)[O-])N1CCCN(C(=O)Nc2cccc(Cl)c2)CC1. The first kappa shape index (κ1) is 21.4. The molecule has 0 aliphatic carbocycles. The molecular weight excluding hydrogens is 410 g/mol. The van der Waals surface area contributed by atoms with E-state index in [2.05, 4.69) is 10.6 Å². The first-order valence-electron chi connectivity index (χ1n) is 9.50. The van der Waals surface area contributed by atoms with E-state index in [0.29, 0.717) is 49.0 Å². The van der Waals surface area contributed by atoms with Crippen LogP contribution >= 0.6 is 11.6 Å². The fourth-order valence-corrected chi connectivity index (χ4v) is 3.39. The molecule has 1 heterocycles. The summed E-state index contributed by atoms with van der Waals surface area (Å²) in [5, 5.41) is 17.3. The molecule has 10 heteroatoms. The first-order valence-corrected chi connectivity index (χ1v) is 9.88. The molecule has 0 aromatic heterocycles. The van der Waals surface area contributed by atoms with Gasteiger partial charge in [-0.2, -0.15) is 0 Å². The molecule has 0 atom stereocenters. The van der Waals surface area contributed by atoms with Gasteiger partial charge in [-0.15, -0.1) is 0 Å². The molecule has 0 unspecified atom stereocenters. The quantitative estimate of drug-likeness (QED) is 0.557. The lowest BCUT2D eigenvalue weighted by molar-refractivity contribution is -0.383. The molecule has 1 fully saturated rings. The van der Waals surface area contributed by atoms with Gasteiger partial charge >= 0.3 is 6.03 Å². The summed E-state index contributed by atoms with van der Waals surface area (Å²) < 4.78 is 0. The third kappa shape index (κ3) is 5.60. The third-order valence-electron chi connectivity index (χ3n) is 4.74. The van der Waals surface area contributed by atoms with Crippen molar-refractivity contribution in [2.75, 3.05) is 43.4 Å². The van der Waals surface area contributed by atoms with Crippen LogP contribution in [-0.4, -0.2) is 59.4 Å². The second kappa shape index (κ2) is 9.93. The standard InChI is InChI=1S/C20H22ClN5O4/c21-15-5-3-6-16(13-15)23-20(28)25-10-4-9-24(11-12-25)19(27)14-22-17-7-1-2-8-18(17)26(29)30/h1-3,5-8,13,22H,4,9-12,14H2,(H,23,28). The number of nitrogens with zero attached hydrogens (tertiary/aromatic N) is 3. The van der Waals surface area contributed by atoms with Gasteiger partial charge in [0.2, 0.25) is 5.91 Å². The van der Waals surface area contributed by atoms with Crippen LogP contribution in [0.25, 0.3) is 0 Å². The summed E-state index contributed by atoms with van der Waals surface area (Å²) in [6, 6.07) is 12.9. The van der Waals surface area contributed by atoms with Gasteiger partial charge in [-0.25, -0.2) is 4.79 Å². The fourth-order valence-electron chi connectivity index (χ4n) is 3.20. The zero-order valence-corrected chi connectivity index (χ0v) is 17.0. The van der Waals surface area contributed by atoms with E-state index in [1.165, 1.54) is 6.07 Å². The summed E-state index contributed by atoms with van der Waals surface area (Å²) in [4.78, 5) is 39.0. The maximum absolute atomic E-state index is 12.6. The molecule has 3 amide bonds. The topological polar surface area (TPSA) is 108 Å². The Labute approximate surface area is 178 Å². The van der Waals surface area contributed by atoms with Crippen molar-refractivity contribution in [2.24, 2.45) is 0 Å². The van der Waals surface area contributed by atoms with E-state index in [0.717, 1.165) is 0 Å². The highest BCUT2D eigenvalue weighted by Gasteiger charge is 2.22. The van der Waals surface area contributed by atoms with Crippen LogP contribution in [0.4, 0.5) is 21.9 Å². The van der Waals surface area contributed by atoms with Crippen LogP contribution < -0.4 is 10.6 Å². The molecule has 158 valence electrons. The van der Waals surface area contributed by atoms with Crippen molar-refractivity contribution < 1.29 is 14.5 Å². The number of carbonyl (C=O) groups excluding carboxylic acids is 2. The zero-order chi connectivity index (χ0) is 21.5. The summed E-state index contributed by atoms with van der Waals surface area (Å²) >= 11 is 5.94. The minimum Gasteiger partial charge on any atom is -0.371 e. The molecule has 0 spiro atoms. The molecule has 0 radical (unpaired) electrons. The second-order valence-corrected chi connectivity index (χ2v) is 7.23. The highest BCUT2D eigenvalue weighted by atomic mass is 35.5. The van der Waals surface area contributed by atoms with Crippen molar-refractivity contribution in [3.63, 3.8) is 0 Å². The number of para-hydroxylation sites is 2. The van der Waals surface area contributed by atoms with Gasteiger partial charge in [0.1, 0.15) is 5.69 Å². The van der Waals surface area contributed by atoms with Gasteiger partial charge in [-0.1, -0.05) is 29.8 Å². The number of rotatable bonds is 5. The van der Waals surface area contributed by atoms with Crippen LogP contribution in [0.2, 0.25) is 5.02 Å². The lowest BCUT2D eigenvalue weighted by Crippen LogP contribution is -2.40. The molecule has 2 N–H and O–H groups in total. The number of nitrogens with one attached hydrogen (secondary N) is 2. The molecular formula is C20H22ClN5O4. The largest absolute Gasteiger partial charge is 0.371 e. The van der Waals surface area contributed by atoms with E-state index in [-0.39, 0.29) is 24.2 Å². The number of benzene rings is 2. The average molecular weight is 432 g/mol. The molecule has 2 aromatic carbocycles. The molecule has 1 aliphatic rings. The lowest BCUT2D eigenvalue weighted by atomic mass is 10.2. The van der Waals surface area contributed by atoms with Gasteiger partial charge in [0.25, 0.3) is 5.69 Å². The lowest BCUT2D eigenvalue weighted by Gasteiger charge is -2.23. The van der Waals surface area contributed by atoms with Crippen LogP contribution in [0.5, 0.6) is 0 Å². The Kier molecular flexibility index (Phi) is 7.08. The highest BCUT2D eigenvalue weighted by molar-refractivity contribution is 6.30. The number of carbonyl (C=O) groups is 2. The van der Waals surface area contributed by atoms with Crippen molar-refractivity contribution in [1.82, 2.24) is 9.80 Å². The number of hydrogen-bond acceptors (Lipinski definition) is 5. The number of hydrogen-bond donors (Lipinski definition) is 2. The van der Waals surface area contributed by atoms with Crippen molar-refractivity contribution >= 4 is 40.6 Å². The Bertz CT molecular complexity index is 939. The monoisotopic (exact) mass is 431 g/mol. The van der Waals surface area contributed by atoms with Gasteiger partial charge < -0.3 is 20.4 Å². The first-order chi connectivity index (χ1) is 14.4. The normalized spacial score (nSPS) is 14.0. The summed E-state index contributed by atoms with van der Waals surface area (Å²) in [7, 11) is 0. The number of nitro groups is 1. The van der Waals surface area contributed by atoms with Gasteiger partial charge in [-0.05, 0) is 30.7 Å². The Balaban J connectivity index is 1.52. The van der Waals surface area contributed by atoms with Gasteiger partial charge in [0.15, 0.2) is 0 Å². The number of nitro benzene ring substituents is 1. The summed E-state index contributed by atoms with van der Waals surface area (Å²) in [6.45, 7) is 1.76. The summed E-state index contributed by atoms with van der Waals surface area (Å²) in [5.74, 6) is -0.176. The van der Waals surface area contributed by atoms with Crippen molar-refractivity contribution in [3.8, 4) is 0 Å². The number of halogens is 1. The molecule has 30 heavy (non-hydrogen) atoms. The molecule has 1 aliphatic heterocycles. The molecule has 0 saturated carbocycles. The van der Waals surface area contributed by atoms with Gasteiger partial charge in [0, 0.05) is 43.0 Å². The fraction of sp³-hybridized carbons (Fsp3) is 0.300. The van der Waals surface area contributed by atoms with Crippen molar-refractivity contribution in [2.45, 2.75) is 6.42 Å². The minimum absolute atomic E-state index is 0.0560. The van der Waals surface area contributed by atoms with Crippen LogP contribution in [0, 0.1) is 10.1 Å². The van der Waals surface area contributed by atoms with Crippen LogP contribution in [-0.2, 0) is 4.79 Å². The average Bonchev–Trinajstić information content (AvgIpc) is 2.98. The van der Waals surface area contributed by atoms with E-state index in [1.807, 2.05) is 0 Å². The maximum atomic E-state index is 12.6. The number of amides is 3. The Hall–Kier alpha value is -3.33. The predicted molar refractivity (Wildman–Crippen MR) is 115 cm³/mol. The molecule has 3 rings (SSSR count). The van der Waals surface area contributed by atoms with Crippen LogP contribution in [0.3, 0.4) is 0 Å². The number of urea groups is 1. The third-order valence-corrected chi connectivity index (χ3v) is 4.98. The van der Waals surface area contributed by atoms with Crippen LogP contribution in [0.15, 0.2) is 48.5 Å². The van der Waals surface area contributed by atoms with E-state index < -0.39 is 4.92 Å². The summed E-state index contributed by atoms with van der Waals surface area (Å²) in [6.07, 6.45) is 0.639. The molecule has 1 saturated heterocycles. The Morgan fingerprint density at radius 2 is 1.77 bits per heavy atom. The van der Waals surface area contributed by atoms with E-state index in [1.54, 1.807) is 52.3 Å². The van der Waals surface area contributed by atoms with Crippen molar-refractivity contribution in [1.29, 1.82) is 0 Å².